The molecule has 120 valence electrons. The van der Waals surface area contributed by atoms with Gasteiger partial charge in [-0.1, -0.05) is 6.07 Å². The van der Waals surface area contributed by atoms with E-state index < -0.39 is 0 Å². The molecule has 1 fully saturated rings. The molecule has 0 radical (unpaired) electrons. The summed E-state index contributed by atoms with van der Waals surface area (Å²) in [5, 5.41) is 0. The number of rotatable bonds is 4. The monoisotopic (exact) mass is 303 g/mol. The van der Waals surface area contributed by atoms with Gasteiger partial charge in [0.1, 0.15) is 5.75 Å². The molecule has 0 aliphatic carbocycles. The number of benzene rings is 1. The maximum absolute atomic E-state index is 12.8. The predicted molar refractivity (Wildman–Crippen MR) is 85.2 cm³/mol. The van der Waals surface area contributed by atoms with Crippen molar-refractivity contribution >= 4 is 5.91 Å². The number of ether oxygens (including phenoxy) is 2. The topological polar surface area (TPSA) is 38.8 Å². The molecule has 2 heterocycles. The Labute approximate surface area is 132 Å². The lowest BCUT2D eigenvalue weighted by atomic mass is 10.0. The zero-order valence-electron chi connectivity index (χ0n) is 13.7. The van der Waals surface area contributed by atoms with Crippen molar-refractivity contribution in [3.63, 3.8) is 0 Å². The van der Waals surface area contributed by atoms with E-state index in [1.807, 2.05) is 11.8 Å². The standard InChI is InChI=1S/C18H25NO3/c1-4-19(10-14-5-6-21-11-14)18(20)17-9-15-7-12(2)13(3)8-16(15)22-17/h7-8,14,17H,4-6,9-11H2,1-3H3. The second-order valence-electron chi connectivity index (χ2n) is 6.46. The Morgan fingerprint density at radius 3 is 2.77 bits per heavy atom. The lowest BCUT2D eigenvalue weighted by Crippen LogP contribution is -2.43. The highest BCUT2D eigenvalue weighted by molar-refractivity contribution is 5.82. The zero-order valence-corrected chi connectivity index (χ0v) is 13.7. The van der Waals surface area contributed by atoms with Gasteiger partial charge in [-0.3, -0.25) is 4.79 Å². The summed E-state index contributed by atoms with van der Waals surface area (Å²) in [6.07, 6.45) is 1.37. The predicted octanol–water partition coefficient (Wildman–Crippen LogP) is 2.49. The van der Waals surface area contributed by atoms with Gasteiger partial charge in [-0.25, -0.2) is 0 Å². The fourth-order valence-corrected chi connectivity index (χ4v) is 3.27. The first-order chi connectivity index (χ1) is 10.6. The van der Waals surface area contributed by atoms with Gasteiger partial charge in [0.2, 0.25) is 0 Å². The summed E-state index contributed by atoms with van der Waals surface area (Å²) in [5.41, 5.74) is 3.62. The molecule has 2 aliphatic rings. The normalized spacial score (nSPS) is 23.2. The molecule has 2 unspecified atom stereocenters. The Morgan fingerprint density at radius 2 is 2.09 bits per heavy atom. The molecular weight excluding hydrogens is 278 g/mol. The van der Waals surface area contributed by atoms with E-state index in [-0.39, 0.29) is 12.0 Å². The van der Waals surface area contributed by atoms with E-state index in [0.29, 0.717) is 12.3 Å². The highest BCUT2D eigenvalue weighted by Crippen LogP contribution is 2.32. The minimum Gasteiger partial charge on any atom is -0.480 e. The van der Waals surface area contributed by atoms with Crippen LogP contribution in [0.15, 0.2) is 12.1 Å². The molecule has 3 rings (SSSR count). The third-order valence-electron chi connectivity index (χ3n) is 4.82. The summed E-state index contributed by atoms with van der Waals surface area (Å²) < 4.78 is 11.3. The van der Waals surface area contributed by atoms with Crippen LogP contribution in [0.2, 0.25) is 0 Å². The summed E-state index contributed by atoms with van der Waals surface area (Å²) in [5.74, 6) is 1.46. The maximum Gasteiger partial charge on any atom is 0.263 e. The number of amides is 1. The Hall–Kier alpha value is -1.55. The van der Waals surface area contributed by atoms with Crippen molar-refractivity contribution in [2.24, 2.45) is 5.92 Å². The van der Waals surface area contributed by atoms with Gasteiger partial charge >= 0.3 is 0 Å². The first-order valence-electron chi connectivity index (χ1n) is 8.21. The molecule has 0 saturated carbocycles. The SMILES string of the molecule is CCN(CC1CCOC1)C(=O)C1Cc2cc(C)c(C)cc2O1. The van der Waals surface area contributed by atoms with Crippen molar-refractivity contribution in [2.75, 3.05) is 26.3 Å². The van der Waals surface area contributed by atoms with Crippen LogP contribution < -0.4 is 4.74 Å². The first kappa shape index (κ1) is 15.3. The van der Waals surface area contributed by atoms with E-state index in [4.69, 9.17) is 9.47 Å². The molecule has 2 aliphatic heterocycles. The molecule has 1 saturated heterocycles. The third kappa shape index (κ3) is 2.98. The highest BCUT2D eigenvalue weighted by atomic mass is 16.5. The van der Waals surface area contributed by atoms with Crippen LogP contribution in [-0.2, 0) is 16.0 Å². The van der Waals surface area contributed by atoms with Crippen LogP contribution in [0, 0.1) is 19.8 Å². The van der Waals surface area contributed by atoms with Crippen LogP contribution in [0.4, 0.5) is 0 Å². The van der Waals surface area contributed by atoms with Gasteiger partial charge in [-0.15, -0.1) is 0 Å². The van der Waals surface area contributed by atoms with E-state index in [1.165, 1.54) is 11.1 Å². The van der Waals surface area contributed by atoms with Crippen LogP contribution in [0.5, 0.6) is 5.75 Å². The summed E-state index contributed by atoms with van der Waals surface area (Å²) in [6.45, 7) is 9.31. The molecule has 2 atom stereocenters. The number of fused-ring (bicyclic) bond motifs is 1. The lowest BCUT2D eigenvalue weighted by molar-refractivity contribution is -0.138. The van der Waals surface area contributed by atoms with Crippen LogP contribution in [0.3, 0.4) is 0 Å². The Bertz CT molecular complexity index is 533. The fraction of sp³-hybridized carbons (Fsp3) is 0.611. The van der Waals surface area contributed by atoms with Gasteiger partial charge in [0.15, 0.2) is 6.10 Å². The van der Waals surface area contributed by atoms with Crippen LogP contribution in [0.1, 0.15) is 30.0 Å². The van der Waals surface area contributed by atoms with Crippen LogP contribution in [0.25, 0.3) is 0 Å². The van der Waals surface area contributed by atoms with Gasteiger partial charge in [-0.2, -0.15) is 0 Å². The molecule has 1 aromatic carbocycles. The third-order valence-corrected chi connectivity index (χ3v) is 4.82. The minimum absolute atomic E-state index is 0.112. The minimum atomic E-state index is -0.363. The summed E-state index contributed by atoms with van der Waals surface area (Å²) in [7, 11) is 0. The molecule has 4 heteroatoms. The number of carbonyl (C=O) groups is 1. The number of hydrogen-bond donors (Lipinski definition) is 0. The van der Waals surface area contributed by atoms with Gasteiger partial charge in [0, 0.05) is 32.0 Å². The smallest absolute Gasteiger partial charge is 0.263 e. The van der Waals surface area contributed by atoms with Crippen LogP contribution in [-0.4, -0.2) is 43.2 Å². The quantitative estimate of drug-likeness (QED) is 0.858. The first-order valence-corrected chi connectivity index (χ1v) is 8.21. The van der Waals surface area contributed by atoms with Gasteiger partial charge < -0.3 is 14.4 Å². The molecule has 0 bridgehead atoms. The number of aryl methyl sites for hydroxylation is 2. The maximum atomic E-state index is 12.8. The molecule has 22 heavy (non-hydrogen) atoms. The average molecular weight is 303 g/mol. The number of carbonyl (C=O) groups excluding carboxylic acids is 1. The van der Waals surface area contributed by atoms with E-state index in [2.05, 4.69) is 26.0 Å². The van der Waals surface area contributed by atoms with E-state index >= 15 is 0 Å². The number of hydrogen-bond acceptors (Lipinski definition) is 3. The molecule has 4 nitrogen and oxygen atoms in total. The van der Waals surface area contributed by atoms with Crippen molar-refractivity contribution in [3.05, 3.63) is 28.8 Å². The van der Waals surface area contributed by atoms with Crippen molar-refractivity contribution in [1.82, 2.24) is 4.90 Å². The largest absolute Gasteiger partial charge is 0.480 e. The van der Waals surface area contributed by atoms with Crippen molar-refractivity contribution in [1.29, 1.82) is 0 Å². The van der Waals surface area contributed by atoms with Gasteiger partial charge in [-0.05, 0) is 49.9 Å². The van der Waals surface area contributed by atoms with Crippen molar-refractivity contribution in [2.45, 2.75) is 39.7 Å². The highest BCUT2D eigenvalue weighted by Gasteiger charge is 2.33. The van der Waals surface area contributed by atoms with E-state index in [9.17, 15) is 4.79 Å². The zero-order chi connectivity index (χ0) is 15.7. The molecule has 1 aromatic rings. The Balaban J connectivity index is 1.67. The Morgan fingerprint density at radius 1 is 1.32 bits per heavy atom. The van der Waals surface area contributed by atoms with Crippen LogP contribution >= 0.6 is 0 Å². The lowest BCUT2D eigenvalue weighted by Gasteiger charge is -2.26. The summed E-state index contributed by atoms with van der Waals surface area (Å²) in [4.78, 5) is 14.7. The summed E-state index contributed by atoms with van der Waals surface area (Å²) >= 11 is 0. The fourth-order valence-electron chi connectivity index (χ4n) is 3.27. The molecular formula is C18H25NO3. The Kier molecular flexibility index (Phi) is 4.39. The summed E-state index contributed by atoms with van der Waals surface area (Å²) in [6, 6.07) is 4.21. The molecule has 0 spiro atoms. The van der Waals surface area contributed by atoms with E-state index in [0.717, 1.165) is 44.0 Å². The second-order valence-corrected chi connectivity index (χ2v) is 6.46. The van der Waals surface area contributed by atoms with Gasteiger partial charge in [0.25, 0.3) is 5.91 Å². The van der Waals surface area contributed by atoms with Gasteiger partial charge in [0.05, 0.1) is 6.61 Å². The van der Waals surface area contributed by atoms with Crippen molar-refractivity contribution in [3.8, 4) is 5.75 Å². The molecule has 0 N–H and O–H groups in total. The van der Waals surface area contributed by atoms with Crippen molar-refractivity contribution < 1.29 is 14.3 Å². The molecule has 0 aromatic heterocycles. The number of likely N-dealkylation sites (N-methyl/N-ethyl adjacent to an activating group) is 1. The molecule has 1 amide bonds. The number of nitrogens with zero attached hydrogens (tertiary/aromatic N) is 1. The van der Waals surface area contributed by atoms with E-state index in [1.54, 1.807) is 0 Å². The second kappa shape index (κ2) is 6.29. The average Bonchev–Trinajstić information content (AvgIpc) is 3.14.